The van der Waals surface area contributed by atoms with Crippen molar-refractivity contribution in [3.63, 3.8) is 0 Å². The van der Waals surface area contributed by atoms with Crippen LogP contribution in [-0.4, -0.2) is 12.9 Å². The second kappa shape index (κ2) is 6.24. The van der Waals surface area contributed by atoms with Gasteiger partial charge in [0.05, 0.1) is 13.2 Å². The Hall–Kier alpha value is -2.26. The van der Waals surface area contributed by atoms with Crippen LogP contribution < -0.4 is 9.64 Å². The predicted octanol–water partition coefficient (Wildman–Crippen LogP) is 4.38. The lowest BCUT2D eigenvalue weighted by Gasteiger charge is -2.33. The predicted molar refractivity (Wildman–Crippen MR) is 88.4 cm³/mol. The molecule has 0 radical (unpaired) electrons. The highest BCUT2D eigenvalue weighted by Crippen LogP contribution is 2.36. The highest BCUT2D eigenvalue weighted by Gasteiger charge is 2.26. The molecule has 0 aliphatic carbocycles. The monoisotopic (exact) mass is 313 g/mol. The van der Waals surface area contributed by atoms with Gasteiger partial charge in [-0.3, -0.25) is 4.79 Å². The SMILES string of the molecule is COc1ccc(N2C=CC(=O)C[C@H]2c2ccccc2Cl)cc1. The van der Waals surface area contributed by atoms with Gasteiger partial charge in [0.25, 0.3) is 0 Å². The molecule has 1 heterocycles. The van der Waals surface area contributed by atoms with Crippen LogP contribution in [0.3, 0.4) is 0 Å². The lowest BCUT2D eigenvalue weighted by Crippen LogP contribution is -2.29. The standard InChI is InChI=1S/C18H16ClNO2/c1-22-15-8-6-13(7-9-15)20-11-10-14(21)12-18(20)16-4-2-3-5-17(16)19/h2-11,18H,12H2,1H3/t18-/m0/s1. The van der Waals surface area contributed by atoms with E-state index in [0.717, 1.165) is 17.0 Å². The molecule has 112 valence electrons. The Morgan fingerprint density at radius 2 is 1.86 bits per heavy atom. The molecular weight excluding hydrogens is 298 g/mol. The number of methoxy groups -OCH3 is 1. The van der Waals surface area contributed by atoms with Crippen LogP contribution in [0.5, 0.6) is 5.75 Å². The van der Waals surface area contributed by atoms with Crippen molar-refractivity contribution in [1.82, 2.24) is 0 Å². The van der Waals surface area contributed by atoms with Crippen molar-refractivity contribution >= 4 is 23.1 Å². The molecule has 3 rings (SSSR count). The Balaban J connectivity index is 2.00. The summed E-state index contributed by atoms with van der Waals surface area (Å²) in [6.45, 7) is 0. The van der Waals surface area contributed by atoms with Crippen LogP contribution in [0.1, 0.15) is 18.0 Å². The Morgan fingerprint density at radius 3 is 2.55 bits per heavy atom. The molecule has 22 heavy (non-hydrogen) atoms. The molecule has 0 bridgehead atoms. The van der Waals surface area contributed by atoms with Gasteiger partial charge in [-0.15, -0.1) is 0 Å². The molecule has 0 aromatic heterocycles. The molecule has 1 aliphatic heterocycles. The average molecular weight is 314 g/mol. The molecule has 1 atom stereocenters. The lowest BCUT2D eigenvalue weighted by atomic mass is 9.96. The number of allylic oxidation sites excluding steroid dienone is 1. The van der Waals surface area contributed by atoms with Gasteiger partial charge in [0.15, 0.2) is 5.78 Å². The number of nitrogens with zero attached hydrogens (tertiary/aromatic N) is 1. The third-order valence-corrected chi connectivity index (χ3v) is 4.13. The summed E-state index contributed by atoms with van der Waals surface area (Å²) < 4.78 is 5.19. The number of ether oxygens (including phenoxy) is 1. The number of hydrogen-bond acceptors (Lipinski definition) is 3. The Labute approximate surface area is 134 Å². The van der Waals surface area contributed by atoms with Crippen LogP contribution in [-0.2, 0) is 4.79 Å². The van der Waals surface area contributed by atoms with Gasteiger partial charge in [0, 0.05) is 23.3 Å². The summed E-state index contributed by atoms with van der Waals surface area (Å²) in [6, 6.07) is 15.3. The van der Waals surface area contributed by atoms with Crippen LogP contribution in [0.25, 0.3) is 0 Å². The van der Waals surface area contributed by atoms with Gasteiger partial charge in [-0.1, -0.05) is 29.8 Å². The maximum atomic E-state index is 11.9. The maximum Gasteiger partial charge on any atom is 0.159 e. The maximum absolute atomic E-state index is 11.9. The Kier molecular flexibility index (Phi) is 4.16. The first kappa shape index (κ1) is 14.7. The van der Waals surface area contributed by atoms with E-state index in [2.05, 4.69) is 4.90 Å². The first-order valence-electron chi connectivity index (χ1n) is 7.07. The molecule has 0 saturated carbocycles. The van der Waals surface area contributed by atoms with Crippen molar-refractivity contribution in [1.29, 1.82) is 0 Å². The van der Waals surface area contributed by atoms with Gasteiger partial charge in [-0.2, -0.15) is 0 Å². The molecular formula is C18H16ClNO2. The van der Waals surface area contributed by atoms with Crippen molar-refractivity contribution in [3.8, 4) is 5.75 Å². The van der Waals surface area contributed by atoms with Gasteiger partial charge >= 0.3 is 0 Å². The number of carbonyl (C=O) groups is 1. The number of rotatable bonds is 3. The largest absolute Gasteiger partial charge is 0.497 e. The zero-order valence-electron chi connectivity index (χ0n) is 12.2. The quantitative estimate of drug-likeness (QED) is 0.842. The fourth-order valence-corrected chi connectivity index (χ4v) is 2.91. The van der Waals surface area contributed by atoms with Crippen molar-refractivity contribution in [2.75, 3.05) is 12.0 Å². The van der Waals surface area contributed by atoms with E-state index in [1.165, 1.54) is 0 Å². The van der Waals surface area contributed by atoms with Crippen molar-refractivity contribution in [3.05, 3.63) is 71.4 Å². The van der Waals surface area contributed by atoms with Gasteiger partial charge < -0.3 is 9.64 Å². The van der Waals surface area contributed by atoms with E-state index in [0.29, 0.717) is 11.4 Å². The number of anilines is 1. The fraction of sp³-hybridized carbons (Fsp3) is 0.167. The number of halogens is 1. The van der Waals surface area contributed by atoms with E-state index in [1.807, 2.05) is 54.7 Å². The molecule has 3 nitrogen and oxygen atoms in total. The number of ketones is 1. The van der Waals surface area contributed by atoms with Crippen LogP contribution in [0.2, 0.25) is 5.02 Å². The Morgan fingerprint density at radius 1 is 1.14 bits per heavy atom. The highest BCUT2D eigenvalue weighted by atomic mass is 35.5. The summed E-state index contributed by atoms with van der Waals surface area (Å²) in [5, 5.41) is 0.675. The molecule has 2 aromatic carbocycles. The molecule has 0 spiro atoms. The smallest absolute Gasteiger partial charge is 0.159 e. The summed E-state index contributed by atoms with van der Waals surface area (Å²) in [4.78, 5) is 13.9. The second-order valence-electron chi connectivity index (χ2n) is 5.13. The first-order valence-corrected chi connectivity index (χ1v) is 7.44. The molecule has 0 N–H and O–H groups in total. The van der Waals surface area contributed by atoms with Gasteiger partial charge in [0.2, 0.25) is 0 Å². The minimum absolute atomic E-state index is 0.0976. The van der Waals surface area contributed by atoms with Gasteiger partial charge in [-0.25, -0.2) is 0 Å². The summed E-state index contributed by atoms with van der Waals surface area (Å²) in [6.07, 6.45) is 3.84. The lowest BCUT2D eigenvalue weighted by molar-refractivity contribution is -0.115. The van der Waals surface area contributed by atoms with E-state index in [-0.39, 0.29) is 11.8 Å². The summed E-state index contributed by atoms with van der Waals surface area (Å²) in [5.41, 5.74) is 1.95. The number of carbonyl (C=O) groups excluding carboxylic acids is 1. The molecule has 4 heteroatoms. The normalized spacial score (nSPS) is 17.6. The molecule has 0 unspecified atom stereocenters. The van der Waals surface area contributed by atoms with E-state index >= 15 is 0 Å². The summed E-state index contributed by atoms with van der Waals surface area (Å²) in [7, 11) is 1.64. The van der Waals surface area contributed by atoms with Crippen LogP contribution >= 0.6 is 11.6 Å². The minimum atomic E-state index is -0.0976. The molecule has 2 aromatic rings. The van der Waals surface area contributed by atoms with Crippen molar-refractivity contribution in [2.24, 2.45) is 0 Å². The second-order valence-corrected chi connectivity index (χ2v) is 5.54. The summed E-state index contributed by atoms with van der Waals surface area (Å²) in [5.74, 6) is 0.907. The van der Waals surface area contributed by atoms with E-state index in [4.69, 9.17) is 16.3 Å². The highest BCUT2D eigenvalue weighted by molar-refractivity contribution is 6.31. The van der Waals surface area contributed by atoms with Crippen molar-refractivity contribution in [2.45, 2.75) is 12.5 Å². The third kappa shape index (κ3) is 2.85. The third-order valence-electron chi connectivity index (χ3n) is 3.79. The van der Waals surface area contributed by atoms with Gasteiger partial charge in [-0.05, 0) is 42.0 Å². The molecule has 1 aliphatic rings. The van der Waals surface area contributed by atoms with Crippen molar-refractivity contribution < 1.29 is 9.53 Å². The molecule has 0 amide bonds. The van der Waals surface area contributed by atoms with Crippen LogP contribution in [0, 0.1) is 0 Å². The van der Waals surface area contributed by atoms with E-state index in [1.54, 1.807) is 13.2 Å². The van der Waals surface area contributed by atoms with Gasteiger partial charge in [0.1, 0.15) is 5.75 Å². The topological polar surface area (TPSA) is 29.5 Å². The number of benzene rings is 2. The number of hydrogen-bond donors (Lipinski definition) is 0. The summed E-state index contributed by atoms with van der Waals surface area (Å²) >= 11 is 6.32. The van der Waals surface area contributed by atoms with Crippen LogP contribution in [0.15, 0.2) is 60.8 Å². The zero-order valence-corrected chi connectivity index (χ0v) is 13.0. The fourth-order valence-electron chi connectivity index (χ4n) is 2.65. The van der Waals surface area contributed by atoms with E-state index < -0.39 is 0 Å². The zero-order chi connectivity index (χ0) is 15.5. The average Bonchev–Trinajstić information content (AvgIpc) is 2.55. The van der Waals surface area contributed by atoms with E-state index in [9.17, 15) is 4.79 Å². The van der Waals surface area contributed by atoms with Crippen LogP contribution in [0.4, 0.5) is 5.69 Å². The molecule has 0 fully saturated rings. The first-order chi connectivity index (χ1) is 10.7. The minimum Gasteiger partial charge on any atom is -0.497 e. The molecule has 0 saturated heterocycles. The Bertz CT molecular complexity index is 709.